The van der Waals surface area contributed by atoms with E-state index in [2.05, 4.69) is 14.9 Å². The van der Waals surface area contributed by atoms with Gasteiger partial charge in [-0.25, -0.2) is 0 Å². The molecule has 154 valence electrons. The first-order chi connectivity index (χ1) is 14.0. The third-order valence-corrected chi connectivity index (χ3v) is 5.19. The zero-order chi connectivity index (χ0) is 20.8. The van der Waals surface area contributed by atoms with Crippen LogP contribution in [0.3, 0.4) is 0 Å². The summed E-state index contributed by atoms with van der Waals surface area (Å²) in [6, 6.07) is 5.90. The molecule has 1 unspecified atom stereocenters. The first kappa shape index (κ1) is 20.8. The molecular formula is C22H29N5O2. The van der Waals surface area contributed by atoms with Gasteiger partial charge in [0.25, 0.3) is 5.56 Å². The van der Waals surface area contributed by atoms with Crippen molar-refractivity contribution in [3.8, 4) is 11.1 Å². The minimum atomic E-state index is -0.111. The molecule has 3 heterocycles. The molecule has 0 aliphatic carbocycles. The van der Waals surface area contributed by atoms with Crippen molar-refractivity contribution in [1.82, 2.24) is 19.8 Å². The van der Waals surface area contributed by atoms with Crippen LogP contribution in [0.4, 0.5) is 5.69 Å². The van der Waals surface area contributed by atoms with Gasteiger partial charge in [-0.15, -0.1) is 0 Å². The van der Waals surface area contributed by atoms with Crippen molar-refractivity contribution >= 4 is 11.6 Å². The first-order valence-corrected chi connectivity index (χ1v) is 9.99. The molecule has 1 atom stereocenters. The third kappa shape index (κ3) is 5.12. The topological polar surface area (TPSA) is 72.5 Å². The van der Waals surface area contributed by atoms with E-state index in [9.17, 15) is 9.59 Å². The smallest absolute Gasteiger partial charge is 0.271 e. The molecule has 29 heavy (non-hydrogen) atoms. The van der Waals surface area contributed by atoms with Crippen LogP contribution in [-0.4, -0.2) is 72.0 Å². The highest BCUT2D eigenvalue weighted by molar-refractivity contribution is 5.88. The van der Waals surface area contributed by atoms with E-state index in [0.717, 1.165) is 24.1 Å². The summed E-state index contributed by atoms with van der Waals surface area (Å²) in [7, 11) is 3.94. The summed E-state index contributed by atoms with van der Waals surface area (Å²) in [5, 5.41) is 0. The van der Waals surface area contributed by atoms with Gasteiger partial charge in [0, 0.05) is 62.5 Å². The van der Waals surface area contributed by atoms with Crippen LogP contribution in [0.15, 0.2) is 53.7 Å². The van der Waals surface area contributed by atoms with Crippen molar-refractivity contribution < 1.29 is 4.79 Å². The van der Waals surface area contributed by atoms with Gasteiger partial charge in [0.1, 0.15) is 5.69 Å². The molecule has 1 fully saturated rings. The summed E-state index contributed by atoms with van der Waals surface area (Å²) in [4.78, 5) is 37.9. The second-order valence-corrected chi connectivity index (χ2v) is 7.52. The molecule has 0 radical (unpaired) electrons. The van der Waals surface area contributed by atoms with Gasteiger partial charge in [0.2, 0.25) is 5.91 Å². The fraction of sp³-hybridized carbons (Fsp3) is 0.409. The number of carbonyl (C=O) groups is 1. The van der Waals surface area contributed by atoms with Crippen molar-refractivity contribution in [3.05, 3.63) is 59.3 Å². The number of likely N-dealkylation sites (N-methyl/N-ethyl adjacent to an activating group) is 2. The molecule has 0 spiro atoms. The largest absolute Gasteiger partial charge is 0.363 e. The summed E-state index contributed by atoms with van der Waals surface area (Å²) in [5.74, 6) is 0.0323. The molecule has 1 aliphatic rings. The number of H-pyrrole nitrogens is 1. The average molecular weight is 396 g/mol. The molecule has 0 bridgehead atoms. The molecule has 1 N–H and O–H groups in total. The number of carbonyl (C=O) groups excluding carboxylic acids is 1. The summed E-state index contributed by atoms with van der Waals surface area (Å²) < 4.78 is 0. The number of aromatic amines is 1. The lowest BCUT2D eigenvalue weighted by Crippen LogP contribution is -2.41. The van der Waals surface area contributed by atoms with Crippen LogP contribution in [0.1, 0.15) is 13.3 Å². The summed E-state index contributed by atoms with van der Waals surface area (Å²) in [6.07, 6.45) is 9.59. The molecule has 1 amide bonds. The van der Waals surface area contributed by atoms with E-state index in [1.54, 1.807) is 24.7 Å². The number of aromatic nitrogens is 2. The molecule has 2 aromatic heterocycles. The number of nitrogens with one attached hydrogen (secondary N) is 1. The van der Waals surface area contributed by atoms with Crippen LogP contribution < -0.4 is 10.5 Å². The molecule has 3 rings (SSSR count). The predicted molar refractivity (Wildman–Crippen MR) is 116 cm³/mol. The number of hydrogen-bond acceptors (Lipinski definition) is 5. The van der Waals surface area contributed by atoms with Crippen LogP contribution in [0, 0.1) is 0 Å². The van der Waals surface area contributed by atoms with Gasteiger partial charge >= 0.3 is 0 Å². The van der Waals surface area contributed by atoms with Crippen molar-refractivity contribution in [2.45, 2.75) is 19.4 Å². The first-order valence-electron chi connectivity index (χ1n) is 9.99. The van der Waals surface area contributed by atoms with E-state index in [0.29, 0.717) is 25.3 Å². The van der Waals surface area contributed by atoms with Crippen molar-refractivity contribution in [2.24, 2.45) is 0 Å². The van der Waals surface area contributed by atoms with Crippen molar-refractivity contribution in [3.63, 3.8) is 0 Å². The summed E-state index contributed by atoms with van der Waals surface area (Å²) in [6.45, 7) is 4.81. The molecular weight excluding hydrogens is 366 g/mol. The highest BCUT2D eigenvalue weighted by Gasteiger charge is 2.30. The Morgan fingerprint density at radius 2 is 2.07 bits per heavy atom. The summed E-state index contributed by atoms with van der Waals surface area (Å²) >= 11 is 0. The van der Waals surface area contributed by atoms with Crippen LogP contribution >= 0.6 is 0 Å². The molecule has 7 heteroatoms. The van der Waals surface area contributed by atoms with Gasteiger partial charge < -0.3 is 19.7 Å². The number of nitrogens with zero attached hydrogens (tertiary/aromatic N) is 4. The quantitative estimate of drug-likeness (QED) is 0.726. The SMILES string of the molecule is CCN(c1cc(-c2ccncc2)c[nH]c1=O)C1CCN(C(=O)/C=C/CN(C)C)C1. The lowest BCUT2D eigenvalue weighted by molar-refractivity contribution is -0.125. The van der Waals surface area contributed by atoms with Gasteiger partial charge in [-0.05, 0) is 51.2 Å². The van der Waals surface area contributed by atoms with Gasteiger partial charge in [-0.3, -0.25) is 14.6 Å². The van der Waals surface area contributed by atoms with Gasteiger partial charge in [0.05, 0.1) is 0 Å². The Bertz CT molecular complexity index is 907. The van der Waals surface area contributed by atoms with E-state index in [-0.39, 0.29) is 17.5 Å². The van der Waals surface area contributed by atoms with E-state index >= 15 is 0 Å². The summed E-state index contributed by atoms with van der Waals surface area (Å²) in [5.41, 5.74) is 2.48. The number of pyridine rings is 2. The molecule has 7 nitrogen and oxygen atoms in total. The number of hydrogen-bond donors (Lipinski definition) is 1. The average Bonchev–Trinajstić information content (AvgIpc) is 3.20. The number of anilines is 1. The number of likely N-dealkylation sites (tertiary alicyclic amines) is 1. The zero-order valence-corrected chi connectivity index (χ0v) is 17.3. The third-order valence-electron chi connectivity index (χ3n) is 5.19. The van der Waals surface area contributed by atoms with Gasteiger partial charge in [-0.2, -0.15) is 0 Å². The lowest BCUT2D eigenvalue weighted by Gasteiger charge is -2.29. The monoisotopic (exact) mass is 395 g/mol. The van der Waals surface area contributed by atoms with Crippen LogP contribution in [0.2, 0.25) is 0 Å². The number of amides is 1. The Morgan fingerprint density at radius 1 is 1.31 bits per heavy atom. The molecule has 2 aromatic rings. The fourth-order valence-electron chi connectivity index (χ4n) is 3.69. The van der Waals surface area contributed by atoms with Crippen molar-refractivity contribution in [2.75, 3.05) is 45.2 Å². The molecule has 1 aliphatic heterocycles. The van der Waals surface area contributed by atoms with E-state index in [1.807, 2.05) is 55.1 Å². The van der Waals surface area contributed by atoms with E-state index in [4.69, 9.17) is 0 Å². The second-order valence-electron chi connectivity index (χ2n) is 7.52. The predicted octanol–water partition coefficient (Wildman–Crippen LogP) is 1.98. The Hall–Kier alpha value is -2.93. The lowest BCUT2D eigenvalue weighted by atomic mass is 10.1. The van der Waals surface area contributed by atoms with Crippen LogP contribution in [0.25, 0.3) is 11.1 Å². The highest BCUT2D eigenvalue weighted by Crippen LogP contribution is 2.25. The maximum Gasteiger partial charge on any atom is 0.271 e. The zero-order valence-electron chi connectivity index (χ0n) is 17.3. The highest BCUT2D eigenvalue weighted by atomic mass is 16.2. The fourth-order valence-corrected chi connectivity index (χ4v) is 3.69. The molecule has 1 saturated heterocycles. The van der Waals surface area contributed by atoms with Gasteiger partial charge in [0.15, 0.2) is 0 Å². The standard InChI is InChI=1S/C22H29N5O2/c1-4-27(19-9-13-26(16-19)21(28)6-5-12-25(2)3)20-14-18(15-24-22(20)29)17-7-10-23-11-8-17/h5-8,10-11,14-15,19H,4,9,12-13,16H2,1-3H3,(H,24,29)/b6-5+. The van der Waals surface area contributed by atoms with Crippen molar-refractivity contribution in [1.29, 1.82) is 0 Å². The minimum absolute atomic E-state index is 0.0323. The van der Waals surface area contributed by atoms with Gasteiger partial charge in [-0.1, -0.05) is 6.08 Å². The Kier molecular flexibility index (Phi) is 6.82. The molecule has 0 aromatic carbocycles. The van der Waals surface area contributed by atoms with Crippen LogP contribution in [-0.2, 0) is 4.79 Å². The molecule has 0 saturated carbocycles. The number of rotatable bonds is 7. The maximum atomic E-state index is 12.6. The minimum Gasteiger partial charge on any atom is -0.363 e. The maximum absolute atomic E-state index is 12.6. The normalized spacial score (nSPS) is 16.7. The Balaban J connectivity index is 1.76. The second kappa shape index (κ2) is 9.52. The van der Waals surface area contributed by atoms with Crippen LogP contribution in [0.5, 0.6) is 0 Å². The Labute approximate surface area is 171 Å². The van der Waals surface area contributed by atoms with E-state index < -0.39 is 0 Å². The van der Waals surface area contributed by atoms with E-state index in [1.165, 1.54) is 0 Å². The Morgan fingerprint density at radius 3 is 2.76 bits per heavy atom.